The lowest BCUT2D eigenvalue weighted by Gasteiger charge is -2.31. The molecule has 1 N–H and O–H groups in total. The highest BCUT2D eigenvalue weighted by Crippen LogP contribution is 2.25. The van der Waals surface area contributed by atoms with E-state index in [2.05, 4.69) is 15.0 Å². The Morgan fingerprint density at radius 2 is 2.04 bits per heavy atom. The fourth-order valence-electron chi connectivity index (χ4n) is 2.91. The number of hydrogen-bond donors (Lipinski definition) is 1. The van der Waals surface area contributed by atoms with Gasteiger partial charge in [-0.05, 0) is 38.1 Å². The van der Waals surface area contributed by atoms with Crippen LogP contribution >= 0.6 is 0 Å². The lowest BCUT2D eigenvalue weighted by Crippen LogP contribution is -2.40. The first-order valence-corrected chi connectivity index (χ1v) is 8.09. The van der Waals surface area contributed by atoms with Crippen molar-refractivity contribution in [2.45, 2.75) is 31.8 Å². The third-order valence-electron chi connectivity index (χ3n) is 4.15. The van der Waals surface area contributed by atoms with Gasteiger partial charge in [0.25, 0.3) is 0 Å². The van der Waals surface area contributed by atoms with Crippen LogP contribution in [-0.2, 0) is 0 Å². The van der Waals surface area contributed by atoms with Crippen molar-refractivity contribution in [3.8, 4) is 5.75 Å². The number of aliphatic hydroxyl groups excluding tert-OH is 1. The van der Waals surface area contributed by atoms with E-state index >= 15 is 0 Å². The topological polar surface area (TPSA) is 71.6 Å². The van der Waals surface area contributed by atoms with Gasteiger partial charge in [0.1, 0.15) is 18.5 Å². The standard InChI is InChI=1S/C17H23N3O3/c1-13-18-17(19-23-13)14-7-9-20(10-8-14)11-15(21)12-22-16-5-3-2-4-6-16/h2-6,14-15,21H,7-12H2,1H3. The van der Waals surface area contributed by atoms with Crippen molar-refractivity contribution in [3.05, 3.63) is 42.0 Å². The second-order valence-electron chi connectivity index (χ2n) is 6.02. The summed E-state index contributed by atoms with van der Waals surface area (Å²) in [6.45, 7) is 4.62. The number of hydrogen-bond acceptors (Lipinski definition) is 6. The predicted octanol–water partition coefficient (Wildman–Crippen LogP) is 2.00. The van der Waals surface area contributed by atoms with E-state index in [1.807, 2.05) is 37.3 Å². The SMILES string of the molecule is Cc1nc(C2CCN(CC(O)COc3ccccc3)CC2)no1. The summed E-state index contributed by atoms with van der Waals surface area (Å²) in [5.41, 5.74) is 0. The summed E-state index contributed by atoms with van der Waals surface area (Å²) in [7, 11) is 0. The van der Waals surface area contributed by atoms with Crippen LogP contribution in [0.25, 0.3) is 0 Å². The second kappa shape index (κ2) is 7.57. The number of rotatable bonds is 6. The molecule has 1 aliphatic heterocycles. The third-order valence-corrected chi connectivity index (χ3v) is 4.15. The Hall–Kier alpha value is -1.92. The van der Waals surface area contributed by atoms with E-state index in [0.717, 1.165) is 37.5 Å². The highest BCUT2D eigenvalue weighted by Gasteiger charge is 2.25. The quantitative estimate of drug-likeness (QED) is 0.878. The van der Waals surface area contributed by atoms with E-state index in [0.29, 0.717) is 25.0 Å². The van der Waals surface area contributed by atoms with Crippen molar-refractivity contribution >= 4 is 0 Å². The third kappa shape index (κ3) is 4.53. The zero-order valence-corrected chi connectivity index (χ0v) is 13.4. The van der Waals surface area contributed by atoms with Gasteiger partial charge in [-0.3, -0.25) is 0 Å². The molecule has 0 radical (unpaired) electrons. The number of para-hydroxylation sites is 1. The molecule has 1 atom stereocenters. The number of aryl methyl sites for hydroxylation is 1. The Bertz CT molecular complexity index is 594. The van der Waals surface area contributed by atoms with Gasteiger partial charge in [-0.15, -0.1) is 0 Å². The Labute approximate surface area is 136 Å². The lowest BCUT2D eigenvalue weighted by molar-refractivity contribution is 0.0590. The molecule has 0 amide bonds. The molecule has 0 saturated carbocycles. The first-order chi connectivity index (χ1) is 11.2. The second-order valence-corrected chi connectivity index (χ2v) is 6.02. The Kier molecular flexibility index (Phi) is 5.25. The van der Waals surface area contributed by atoms with E-state index in [4.69, 9.17) is 9.26 Å². The first kappa shape index (κ1) is 16.0. The predicted molar refractivity (Wildman–Crippen MR) is 85.4 cm³/mol. The monoisotopic (exact) mass is 317 g/mol. The average molecular weight is 317 g/mol. The fourth-order valence-corrected chi connectivity index (χ4v) is 2.91. The van der Waals surface area contributed by atoms with Crippen LogP contribution in [0.2, 0.25) is 0 Å². The molecule has 1 aliphatic rings. The van der Waals surface area contributed by atoms with E-state index in [1.54, 1.807) is 0 Å². The van der Waals surface area contributed by atoms with Crippen LogP contribution in [0.5, 0.6) is 5.75 Å². The van der Waals surface area contributed by atoms with Crippen molar-refractivity contribution in [2.24, 2.45) is 0 Å². The van der Waals surface area contributed by atoms with Gasteiger partial charge in [0.15, 0.2) is 5.82 Å². The molecular formula is C17H23N3O3. The van der Waals surface area contributed by atoms with E-state index in [9.17, 15) is 5.11 Å². The Morgan fingerprint density at radius 3 is 2.70 bits per heavy atom. The zero-order valence-electron chi connectivity index (χ0n) is 13.4. The maximum Gasteiger partial charge on any atom is 0.223 e. The van der Waals surface area contributed by atoms with Crippen LogP contribution in [0.3, 0.4) is 0 Å². The number of ether oxygens (including phenoxy) is 1. The maximum absolute atomic E-state index is 10.1. The number of piperidine rings is 1. The van der Waals surface area contributed by atoms with Crippen LogP contribution in [0.1, 0.15) is 30.5 Å². The highest BCUT2D eigenvalue weighted by molar-refractivity contribution is 5.20. The normalized spacial score (nSPS) is 18.0. The van der Waals surface area contributed by atoms with Crippen LogP contribution in [0.15, 0.2) is 34.9 Å². The molecule has 6 nitrogen and oxygen atoms in total. The molecule has 1 aromatic heterocycles. The van der Waals surface area contributed by atoms with Crippen molar-refractivity contribution in [3.63, 3.8) is 0 Å². The molecule has 1 aromatic carbocycles. The van der Waals surface area contributed by atoms with Gasteiger partial charge < -0.3 is 19.3 Å². The number of aliphatic hydroxyl groups is 1. The molecule has 1 unspecified atom stereocenters. The van der Waals surface area contributed by atoms with Crippen molar-refractivity contribution in [1.82, 2.24) is 15.0 Å². The molecule has 2 heterocycles. The summed E-state index contributed by atoms with van der Waals surface area (Å²) in [6, 6.07) is 9.58. The summed E-state index contributed by atoms with van der Waals surface area (Å²) in [5, 5.41) is 14.2. The van der Waals surface area contributed by atoms with Gasteiger partial charge in [0, 0.05) is 19.4 Å². The molecule has 23 heavy (non-hydrogen) atoms. The largest absolute Gasteiger partial charge is 0.491 e. The molecule has 0 bridgehead atoms. The molecule has 2 aromatic rings. The molecule has 0 aliphatic carbocycles. The van der Waals surface area contributed by atoms with Gasteiger partial charge in [0.05, 0.1) is 0 Å². The lowest BCUT2D eigenvalue weighted by atomic mass is 9.96. The van der Waals surface area contributed by atoms with Gasteiger partial charge >= 0.3 is 0 Å². The minimum atomic E-state index is -0.487. The first-order valence-electron chi connectivity index (χ1n) is 8.09. The number of benzene rings is 1. The Balaban J connectivity index is 1.40. The molecule has 124 valence electrons. The van der Waals surface area contributed by atoms with Crippen molar-refractivity contribution in [2.75, 3.05) is 26.2 Å². The smallest absolute Gasteiger partial charge is 0.223 e. The molecule has 1 saturated heterocycles. The van der Waals surface area contributed by atoms with Gasteiger partial charge in [-0.1, -0.05) is 23.4 Å². The van der Waals surface area contributed by atoms with E-state index in [-0.39, 0.29) is 0 Å². The van der Waals surface area contributed by atoms with Gasteiger partial charge in [-0.25, -0.2) is 0 Å². The number of likely N-dealkylation sites (tertiary alicyclic amines) is 1. The number of β-amino-alcohol motifs (C(OH)–C–C–N with tert-alkyl or cyclic N) is 1. The minimum absolute atomic E-state index is 0.313. The molecule has 1 fully saturated rings. The minimum Gasteiger partial charge on any atom is -0.491 e. The van der Waals surface area contributed by atoms with E-state index in [1.165, 1.54) is 0 Å². The van der Waals surface area contributed by atoms with Crippen LogP contribution in [0, 0.1) is 6.92 Å². The Morgan fingerprint density at radius 1 is 1.30 bits per heavy atom. The molecular weight excluding hydrogens is 294 g/mol. The fraction of sp³-hybridized carbons (Fsp3) is 0.529. The van der Waals surface area contributed by atoms with Crippen molar-refractivity contribution in [1.29, 1.82) is 0 Å². The molecule has 0 spiro atoms. The maximum atomic E-state index is 10.1. The summed E-state index contributed by atoms with van der Waals surface area (Å²) < 4.78 is 10.6. The van der Waals surface area contributed by atoms with Gasteiger partial charge in [0.2, 0.25) is 5.89 Å². The number of nitrogens with zero attached hydrogens (tertiary/aromatic N) is 3. The van der Waals surface area contributed by atoms with Crippen LogP contribution in [-0.4, -0.2) is 52.5 Å². The summed E-state index contributed by atoms with van der Waals surface area (Å²) in [4.78, 5) is 6.58. The average Bonchev–Trinajstić information content (AvgIpc) is 3.01. The highest BCUT2D eigenvalue weighted by atomic mass is 16.5. The zero-order chi connectivity index (χ0) is 16.1. The summed E-state index contributed by atoms with van der Waals surface area (Å²) >= 11 is 0. The summed E-state index contributed by atoms with van der Waals surface area (Å²) in [5.74, 6) is 2.59. The van der Waals surface area contributed by atoms with Crippen LogP contribution < -0.4 is 4.74 Å². The van der Waals surface area contributed by atoms with Gasteiger partial charge in [-0.2, -0.15) is 4.98 Å². The summed E-state index contributed by atoms with van der Waals surface area (Å²) in [6.07, 6.45) is 1.50. The number of aromatic nitrogens is 2. The molecule has 3 rings (SSSR count). The molecule has 6 heteroatoms. The van der Waals surface area contributed by atoms with E-state index < -0.39 is 6.10 Å². The van der Waals surface area contributed by atoms with Crippen LogP contribution in [0.4, 0.5) is 0 Å². The van der Waals surface area contributed by atoms with Crippen molar-refractivity contribution < 1.29 is 14.4 Å².